The van der Waals surface area contributed by atoms with Crippen LogP contribution in [0.3, 0.4) is 0 Å². The summed E-state index contributed by atoms with van der Waals surface area (Å²) in [7, 11) is 0. The number of fused-ring (bicyclic) bond motifs is 1. The summed E-state index contributed by atoms with van der Waals surface area (Å²) in [5, 5.41) is 0. The topological polar surface area (TPSA) is 72.6 Å². The lowest BCUT2D eigenvalue weighted by molar-refractivity contribution is -0.133. The number of nitrogens with zero attached hydrogens (tertiary/aromatic N) is 1. The zero-order valence-electron chi connectivity index (χ0n) is 14.1. The first-order valence-corrected chi connectivity index (χ1v) is 8.91. The van der Waals surface area contributed by atoms with Gasteiger partial charge in [0.15, 0.2) is 0 Å². The molecule has 3 rings (SSSR count). The van der Waals surface area contributed by atoms with Crippen LogP contribution in [0.5, 0.6) is 5.75 Å². The Morgan fingerprint density at radius 1 is 1.17 bits per heavy atom. The van der Waals surface area contributed by atoms with Crippen molar-refractivity contribution in [2.45, 2.75) is 44.4 Å². The third-order valence-electron chi connectivity index (χ3n) is 5.27. The number of piperidine rings is 1. The Hall–Kier alpha value is -2.04. The molecule has 130 valence electrons. The van der Waals surface area contributed by atoms with Gasteiger partial charge in [-0.2, -0.15) is 0 Å². The van der Waals surface area contributed by atoms with E-state index in [1.165, 1.54) is 0 Å². The van der Waals surface area contributed by atoms with Crippen molar-refractivity contribution in [1.82, 2.24) is 4.90 Å². The first-order chi connectivity index (χ1) is 11.6. The lowest BCUT2D eigenvalue weighted by Gasteiger charge is -2.33. The van der Waals surface area contributed by atoms with Crippen LogP contribution in [-0.4, -0.2) is 36.4 Å². The van der Waals surface area contributed by atoms with Crippen molar-refractivity contribution in [3.8, 4) is 5.75 Å². The second kappa shape index (κ2) is 7.69. The van der Waals surface area contributed by atoms with Gasteiger partial charge in [0, 0.05) is 25.9 Å². The highest BCUT2D eigenvalue weighted by atomic mass is 16.5. The summed E-state index contributed by atoms with van der Waals surface area (Å²) < 4.78 is 5.68. The molecule has 0 saturated carbocycles. The van der Waals surface area contributed by atoms with Gasteiger partial charge in [-0.05, 0) is 49.1 Å². The Balaban J connectivity index is 1.51. The molecule has 5 nitrogen and oxygen atoms in total. The van der Waals surface area contributed by atoms with E-state index in [9.17, 15) is 9.59 Å². The molecule has 1 aromatic rings. The normalized spacial score (nSPS) is 21.0. The molecule has 1 fully saturated rings. The molecule has 2 aliphatic rings. The molecule has 0 radical (unpaired) electrons. The third-order valence-corrected chi connectivity index (χ3v) is 5.27. The van der Waals surface area contributed by atoms with Crippen molar-refractivity contribution >= 4 is 11.8 Å². The van der Waals surface area contributed by atoms with Crippen LogP contribution < -0.4 is 10.5 Å². The van der Waals surface area contributed by atoms with E-state index in [1.54, 1.807) is 0 Å². The molecule has 2 heterocycles. The van der Waals surface area contributed by atoms with E-state index >= 15 is 0 Å². The summed E-state index contributed by atoms with van der Waals surface area (Å²) in [4.78, 5) is 25.5. The lowest BCUT2D eigenvalue weighted by Crippen LogP contribution is -2.39. The van der Waals surface area contributed by atoms with Crippen molar-refractivity contribution in [3.63, 3.8) is 0 Å². The number of hydrogen-bond donors (Lipinski definition) is 1. The fourth-order valence-electron chi connectivity index (χ4n) is 3.79. The van der Waals surface area contributed by atoms with Gasteiger partial charge in [-0.25, -0.2) is 0 Å². The highest BCUT2D eigenvalue weighted by Gasteiger charge is 2.28. The summed E-state index contributed by atoms with van der Waals surface area (Å²) in [6.07, 6.45) is 4.72. The fraction of sp³-hybridized carbons (Fsp3) is 0.579. The van der Waals surface area contributed by atoms with Gasteiger partial charge in [-0.1, -0.05) is 18.2 Å². The summed E-state index contributed by atoms with van der Waals surface area (Å²) >= 11 is 0. The second-order valence-electron chi connectivity index (χ2n) is 6.91. The summed E-state index contributed by atoms with van der Waals surface area (Å²) in [5.41, 5.74) is 6.38. The number of nitrogens with two attached hydrogens (primary N) is 1. The van der Waals surface area contributed by atoms with Crippen LogP contribution in [0.1, 0.15) is 50.0 Å². The molecule has 0 aliphatic carbocycles. The van der Waals surface area contributed by atoms with Gasteiger partial charge >= 0.3 is 0 Å². The van der Waals surface area contributed by atoms with Gasteiger partial charge in [0.2, 0.25) is 11.8 Å². The Morgan fingerprint density at radius 2 is 1.92 bits per heavy atom. The van der Waals surface area contributed by atoms with Gasteiger partial charge in [0.05, 0.1) is 6.61 Å². The molecule has 5 heteroatoms. The van der Waals surface area contributed by atoms with Crippen molar-refractivity contribution in [2.24, 2.45) is 11.7 Å². The van der Waals surface area contributed by atoms with Gasteiger partial charge in [-0.15, -0.1) is 0 Å². The number of likely N-dealkylation sites (tertiary alicyclic amines) is 1. The number of primary amides is 1. The fourth-order valence-corrected chi connectivity index (χ4v) is 3.79. The van der Waals surface area contributed by atoms with Gasteiger partial charge in [0.1, 0.15) is 5.75 Å². The molecule has 24 heavy (non-hydrogen) atoms. The van der Waals surface area contributed by atoms with Crippen LogP contribution >= 0.6 is 0 Å². The Labute approximate surface area is 143 Å². The number of rotatable bonds is 5. The van der Waals surface area contributed by atoms with Crippen molar-refractivity contribution in [1.29, 1.82) is 0 Å². The van der Waals surface area contributed by atoms with E-state index in [2.05, 4.69) is 6.07 Å². The van der Waals surface area contributed by atoms with E-state index in [4.69, 9.17) is 10.5 Å². The quantitative estimate of drug-likeness (QED) is 0.901. The number of benzene rings is 1. The molecule has 0 spiro atoms. The molecular formula is C19H26N2O3. The van der Waals surface area contributed by atoms with Crippen LogP contribution in [-0.2, 0) is 9.59 Å². The Kier molecular flexibility index (Phi) is 5.38. The monoisotopic (exact) mass is 330 g/mol. The summed E-state index contributed by atoms with van der Waals surface area (Å²) in [6.45, 7) is 2.28. The minimum absolute atomic E-state index is 0.230. The van der Waals surface area contributed by atoms with E-state index < -0.39 is 0 Å². The Morgan fingerprint density at radius 3 is 2.67 bits per heavy atom. The van der Waals surface area contributed by atoms with Crippen molar-refractivity contribution in [2.75, 3.05) is 19.7 Å². The van der Waals surface area contributed by atoms with E-state index in [1.807, 2.05) is 23.1 Å². The second-order valence-corrected chi connectivity index (χ2v) is 6.91. The predicted octanol–water partition coefficient (Wildman–Crippen LogP) is 2.45. The smallest absolute Gasteiger partial charge is 0.223 e. The SMILES string of the molecule is NC(=O)CCC1CCN(C(=O)C[C@@H]2CCOc3ccccc32)CC1. The van der Waals surface area contributed by atoms with Crippen molar-refractivity contribution < 1.29 is 14.3 Å². The van der Waals surface area contributed by atoms with E-state index in [0.29, 0.717) is 25.4 Å². The lowest BCUT2D eigenvalue weighted by atomic mass is 9.88. The molecule has 0 unspecified atom stereocenters. The molecule has 2 aliphatic heterocycles. The van der Waals surface area contributed by atoms with Crippen LogP contribution in [0.15, 0.2) is 24.3 Å². The zero-order valence-corrected chi connectivity index (χ0v) is 14.1. The predicted molar refractivity (Wildman–Crippen MR) is 91.6 cm³/mol. The molecule has 0 aromatic heterocycles. The van der Waals surface area contributed by atoms with Crippen LogP contribution in [0, 0.1) is 5.92 Å². The molecule has 2 amide bonds. The van der Waals surface area contributed by atoms with E-state index in [-0.39, 0.29) is 17.7 Å². The average molecular weight is 330 g/mol. The standard InChI is InChI=1S/C19H26N2O3/c20-18(22)6-5-14-7-10-21(11-8-14)19(23)13-15-9-12-24-17-4-2-1-3-16(15)17/h1-4,14-15H,5-13H2,(H2,20,22)/t15-/m0/s1. The van der Waals surface area contributed by atoms with Gasteiger partial charge < -0.3 is 15.4 Å². The van der Waals surface area contributed by atoms with Crippen LogP contribution in [0.4, 0.5) is 0 Å². The van der Waals surface area contributed by atoms with E-state index in [0.717, 1.165) is 50.1 Å². The molecule has 1 aromatic carbocycles. The maximum Gasteiger partial charge on any atom is 0.223 e. The van der Waals surface area contributed by atoms with Gasteiger partial charge in [-0.3, -0.25) is 9.59 Å². The maximum atomic E-state index is 12.7. The molecule has 0 bridgehead atoms. The number of ether oxygens (including phenoxy) is 1. The van der Waals surface area contributed by atoms with Crippen LogP contribution in [0.25, 0.3) is 0 Å². The Bertz CT molecular complexity index is 594. The molecular weight excluding hydrogens is 304 g/mol. The number of amides is 2. The highest BCUT2D eigenvalue weighted by Crippen LogP contribution is 2.36. The number of carbonyl (C=O) groups excluding carboxylic acids is 2. The zero-order chi connectivity index (χ0) is 16.9. The molecule has 2 N–H and O–H groups in total. The van der Waals surface area contributed by atoms with Crippen molar-refractivity contribution in [3.05, 3.63) is 29.8 Å². The molecule has 1 atom stereocenters. The largest absolute Gasteiger partial charge is 0.493 e. The third kappa shape index (κ3) is 4.08. The summed E-state index contributed by atoms with van der Waals surface area (Å²) in [6, 6.07) is 8.04. The number of hydrogen-bond acceptors (Lipinski definition) is 3. The average Bonchev–Trinajstić information content (AvgIpc) is 2.60. The van der Waals surface area contributed by atoms with Crippen LogP contribution in [0.2, 0.25) is 0 Å². The minimum Gasteiger partial charge on any atom is -0.493 e. The molecule has 1 saturated heterocycles. The van der Waals surface area contributed by atoms with Gasteiger partial charge in [0.25, 0.3) is 0 Å². The maximum absolute atomic E-state index is 12.7. The number of para-hydroxylation sites is 1. The first kappa shape index (κ1) is 16.8. The number of carbonyl (C=O) groups is 2. The minimum atomic E-state index is -0.230. The first-order valence-electron chi connectivity index (χ1n) is 8.91. The summed E-state index contributed by atoms with van der Waals surface area (Å²) in [5.74, 6) is 1.71. The highest BCUT2D eigenvalue weighted by molar-refractivity contribution is 5.77.